The summed E-state index contributed by atoms with van der Waals surface area (Å²) in [5.41, 5.74) is 4.80. The lowest BCUT2D eigenvalue weighted by Crippen LogP contribution is -1.99. The van der Waals surface area contributed by atoms with Gasteiger partial charge in [0, 0.05) is 28.5 Å². The van der Waals surface area contributed by atoms with Gasteiger partial charge in [-0.05, 0) is 43.7 Å². The molecule has 0 saturated carbocycles. The Morgan fingerprint density at radius 3 is 2.85 bits per heavy atom. The summed E-state index contributed by atoms with van der Waals surface area (Å²) in [4.78, 5) is 20.2. The number of benzene rings is 1. The number of carboxylic acids is 1. The molecule has 0 atom stereocenters. The van der Waals surface area contributed by atoms with E-state index in [-0.39, 0.29) is 6.42 Å². The summed E-state index contributed by atoms with van der Waals surface area (Å²) in [6.07, 6.45) is 3.43. The van der Waals surface area contributed by atoms with E-state index in [1.54, 1.807) is 17.5 Å². The SMILES string of the molecule is Cc1cc(/C=C(\CC(=O)O)c2nc3ccccc3o2)c(C)n1-c1nccs1. The minimum Gasteiger partial charge on any atom is -0.481 e. The maximum Gasteiger partial charge on any atom is 0.308 e. The zero-order valence-corrected chi connectivity index (χ0v) is 15.7. The van der Waals surface area contributed by atoms with Crippen molar-refractivity contribution in [3.05, 3.63) is 64.8 Å². The predicted octanol–water partition coefficient (Wildman–Crippen LogP) is 4.71. The van der Waals surface area contributed by atoms with E-state index in [0.717, 1.165) is 22.1 Å². The molecule has 1 N–H and O–H groups in total. The number of carbonyl (C=O) groups is 1. The van der Waals surface area contributed by atoms with Crippen LogP contribution in [-0.4, -0.2) is 25.6 Å². The fraction of sp³-hybridized carbons (Fsp3) is 0.150. The average Bonchev–Trinajstić information content (AvgIpc) is 3.34. The molecule has 1 aromatic carbocycles. The first kappa shape index (κ1) is 17.2. The summed E-state index contributed by atoms with van der Waals surface area (Å²) in [5.74, 6) is -0.602. The van der Waals surface area contributed by atoms with E-state index < -0.39 is 5.97 Å². The molecule has 6 nitrogen and oxygen atoms in total. The molecule has 0 spiro atoms. The Kier molecular flexibility index (Phi) is 4.37. The Labute approximate surface area is 159 Å². The highest BCUT2D eigenvalue weighted by Crippen LogP contribution is 2.29. The molecule has 0 aliphatic rings. The summed E-state index contributed by atoms with van der Waals surface area (Å²) < 4.78 is 7.85. The third-order valence-electron chi connectivity index (χ3n) is 4.32. The van der Waals surface area contributed by atoms with E-state index in [4.69, 9.17) is 4.42 Å². The van der Waals surface area contributed by atoms with Crippen LogP contribution in [-0.2, 0) is 4.79 Å². The number of hydrogen-bond donors (Lipinski definition) is 1. The molecule has 0 amide bonds. The van der Waals surface area contributed by atoms with Gasteiger partial charge in [0.15, 0.2) is 10.7 Å². The van der Waals surface area contributed by atoms with E-state index >= 15 is 0 Å². The molecular formula is C20H17N3O3S. The topological polar surface area (TPSA) is 81.1 Å². The van der Waals surface area contributed by atoms with Crippen molar-refractivity contribution < 1.29 is 14.3 Å². The highest BCUT2D eigenvalue weighted by molar-refractivity contribution is 7.12. The van der Waals surface area contributed by atoms with Crippen molar-refractivity contribution in [2.45, 2.75) is 20.3 Å². The fourth-order valence-electron chi connectivity index (χ4n) is 3.10. The third-order valence-corrected chi connectivity index (χ3v) is 5.08. The largest absolute Gasteiger partial charge is 0.481 e. The van der Waals surface area contributed by atoms with Crippen LogP contribution < -0.4 is 0 Å². The monoisotopic (exact) mass is 379 g/mol. The van der Waals surface area contributed by atoms with Crippen LogP contribution in [0.4, 0.5) is 0 Å². The molecule has 3 heterocycles. The summed E-state index contributed by atoms with van der Waals surface area (Å²) in [6.45, 7) is 3.99. The van der Waals surface area contributed by atoms with Crippen molar-refractivity contribution in [2.75, 3.05) is 0 Å². The Morgan fingerprint density at radius 2 is 2.15 bits per heavy atom. The zero-order valence-electron chi connectivity index (χ0n) is 14.8. The molecule has 0 aliphatic carbocycles. The number of aliphatic carboxylic acids is 1. The summed E-state index contributed by atoms with van der Waals surface area (Å²) in [5, 5.41) is 12.2. The molecule has 0 bridgehead atoms. The van der Waals surface area contributed by atoms with E-state index in [2.05, 4.69) is 14.5 Å². The number of rotatable bonds is 5. The number of carboxylic acid groups (broad SMARTS) is 1. The van der Waals surface area contributed by atoms with Gasteiger partial charge in [-0.15, -0.1) is 11.3 Å². The third kappa shape index (κ3) is 3.29. The lowest BCUT2D eigenvalue weighted by molar-refractivity contribution is -0.135. The number of aryl methyl sites for hydroxylation is 1. The molecular weight excluding hydrogens is 362 g/mol. The molecule has 136 valence electrons. The number of oxazole rings is 1. The second-order valence-electron chi connectivity index (χ2n) is 6.20. The number of para-hydroxylation sites is 2. The lowest BCUT2D eigenvalue weighted by Gasteiger charge is -2.05. The number of hydrogen-bond acceptors (Lipinski definition) is 5. The molecule has 4 rings (SSSR count). The lowest BCUT2D eigenvalue weighted by atomic mass is 10.1. The first-order valence-corrected chi connectivity index (χ1v) is 9.28. The first-order valence-electron chi connectivity index (χ1n) is 8.40. The Morgan fingerprint density at radius 1 is 1.33 bits per heavy atom. The van der Waals surface area contributed by atoms with Crippen LogP contribution in [0, 0.1) is 13.8 Å². The van der Waals surface area contributed by atoms with Gasteiger partial charge in [-0.3, -0.25) is 9.36 Å². The van der Waals surface area contributed by atoms with E-state index in [1.807, 2.05) is 55.6 Å². The summed E-state index contributed by atoms with van der Waals surface area (Å²) in [6, 6.07) is 9.41. The van der Waals surface area contributed by atoms with Crippen molar-refractivity contribution in [1.29, 1.82) is 0 Å². The molecule has 0 aliphatic heterocycles. The minimum absolute atomic E-state index is 0.173. The quantitative estimate of drug-likeness (QED) is 0.543. The predicted molar refractivity (Wildman–Crippen MR) is 105 cm³/mol. The Hall–Kier alpha value is -3.19. The molecule has 0 saturated heterocycles. The summed E-state index contributed by atoms with van der Waals surface area (Å²) >= 11 is 1.55. The van der Waals surface area contributed by atoms with Crippen LogP contribution in [0.3, 0.4) is 0 Å². The van der Waals surface area contributed by atoms with Crippen LogP contribution in [0.25, 0.3) is 27.9 Å². The van der Waals surface area contributed by atoms with Crippen LogP contribution in [0.5, 0.6) is 0 Å². The van der Waals surface area contributed by atoms with Crippen molar-refractivity contribution in [3.63, 3.8) is 0 Å². The summed E-state index contributed by atoms with van der Waals surface area (Å²) in [7, 11) is 0. The van der Waals surface area contributed by atoms with Crippen molar-refractivity contribution >= 4 is 40.1 Å². The Bertz CT molecular complexity index is 1120. The smallest absolute Gasteiger partial charge is 0.308 e. The second-order valence-corrected chi connectivity index (χ2v) is 7.08. The first-order chi connectivity index (χ1) is 13.0. The van der Waals surface area contributed by atoms with Crippen molar-refractivity contribution in [2.24, 2.45) is 0 Å². The van der Waals surface area contributed by atoms with Gasteiger partial charge in [-0.25, -0.2) is 9.97 Å². The number of aromatic nitrogens is 3. The molecule has 0 fully saturated rings. The van der Waals surface area contributed by atoms with Gasteiger partial charge in [-0.1, -0.05) is 12.1 Å². The zero-order chi connectivity index (χ0) is 19.0. The number of fused-ring (bicyclic) bond motifs is 1. The maximum atomic E-state index is 11.4. The van der Waals surface area contributed by atoms with Gasteiger partial charge in [0.1, 0.15) is 5.52 Å². The fourth-order valence-corrected chi connectivity index (χ4v) is 3.85. The molecule has 3 aromatic heterocycles. The van der Waals surface area contributed by atoms with E-state index in [9.17, 15) is 9.90 Å². The van der Waals surface area contributed by atoms with Crippen LogP contribution in [0.1, 0.15) is 29.3 Å². The highest BCUT2D eigenvalue weighted by atomic mass is 32.1. The van der Waals surface area contributed by atoms with Crippen molar-refractivity contribution in [3.8, 4) is 5.13 Å². The number of nitrogens with zero attached hydrogens (tertiary/aromatic N) is 3. The van der Waals surface area contributed by atoms with Gasteiger partial charge in [0.05, 0.1) is 6.42 Å². The normalized spacial score (nSPS) is 12.0. The van der Waals surface area contributed by atoms with Gasteiger partial charge >= 0.3 is 5.97 Å². The van der Waals surface area contributed by atoms with Crippen LogP contribution in [0.2, 0.25) is 0 Å². The number of thiazole rings is 1. The molecule has 7 heteroatoms. The second kappa shape index (κ2) is 6.85. The van der Waals surface area contributed by atoms with Gasteiger partial charge < -0.3 is 9.52 Å². The minimum atomic E-state index is -0.933. The molecule has 0 radical (unpaired) electrons. The molecule has 4 aromatic rings. The Balaban J connectivity index is 1.82. The maximum absolute atomic E-state index is 11.4. The van der Waals surface area contributed by atoms with Crippen molar-refractivity contribution in [1.82, 2.24) is 14.5 Å². The van der Waals surface area contributed by atoms with Gasteiger partial charge in [-0.2, -0.15) is 0 Å². The van der Waals surface area contributed by atoms with Crippen LogP contribution in [0.15, 0.2) is 46.3 Å². The van der Waals surface area contributed by atoms with E-state index in [1.165, 1.54) is 0 Å². The van der Waals surface area contributed by atoms with Gasteiger partial charge in [0.25, 0.3) is 0 Å². The molecule has 27 heavy (non-hydrogen) atoms. The van der Waals surface area contributed by atoms with E-state index in [0.29, 0.717) is 22.6 Å². The standard InChI is InChI=1S/C20H17N3O3S/c1-12-9-14(13(2)23(12)20-21-7-8-27-20)10-15(11-18(24)25)19-22-16-5-3-4-6-17(16)26-19/h3-10H,11H2,1-2H3,(H,24,25)/b15-10+. The van der Waals surface area contributed by atoms with Crippen LogP contribution >= 0.6 is 11.3 Å². The highest BCUT2D eigenvalue weighted by Gasteiger charge is 2.17. The van der Waals surface area contributed by atoms with Gasteiger partial charge in [0.2, 0.25) is 5.89 Å². The molecule has 0 unspecified atom stereocenters. The average molecular weight is 379 g/mol.